The number of imide groups is 1. The molecule has 2 aliphatic heterocycles. The van der Waals surface area contributed by atoms with Crippen LogP contribution in [0.1, 0.15) is 55.3 Å². The number of rotatable bonds is 3. The monoisotopic (exact) mass is 351 g/mol. The van der Waals surface area contributed by atoms with Crippen LogP contribution in [0.25, 0.3) is 0 Å². The third-order valence-electron chi connectivity index (χ3n) is 4.26. The third kappa shape index (κ3) is 2.28. The van der Waals surface area contributed by atoms with Crippen LogP contribution >= 0.6 is 0 Å². The summed E-state index contributed by atoms with van der Waals surface area (Å²) in [5.74, 6) is -1.45. The minimum absolute atomic E-state index is 0.130. The Labute approximate surface area is 148 Å². The number of nitrogens with zero attached hydrogens (tertiary/aromatic N) is 1. The van der Waals surface area contributed by atoms with Crippen molar-refractivity contribution in [1.82, 2.24) is 4.90 Å². The molecular formula is C19H13NO6. The van der Waals surface area contributed by atoms with Gasteiger partial charge in [0.05, 0.1) is 22.3 Å². The molecule has 0 radical (unpaired) electrons. The molecule has 130 valence electrons. The minimum Gasteiger partial charge on any atom is -0.457 e. The number of fused-ring (bicyclic) bond motifs is 2. The molecule has 0 aliphatic carbocycles. The molecule has 2 heterocycles. The predicted molar refractivity (Wildman–Crippen MR) is 88.3 cm³/mol. The number of cyclic esters (lactones) is 2. The molecule has 7 heteroatoms. The highest BCUT2D eigenvalue weighted by atomic mass is 16.6. The molecule has 2 aromatic rings. The van der Waals surface area contributed by atoms with Gasteiger partial charge in [-0.1, -0.05) is 0 Å². The first kappa shape index (κ1) is 16.0. The van der Waals surface area contributed by atoms with Gasteiger partial charge in [0, 0.05) is 6.04 Å². The van der Waals surface area contributed by atoms with Gasteiger partial charge in [-0.15, -0.1) is 0 Å². The van der Waals surface area contributed by atoms with Crippen molar-refractivity contribution < 1.29 is 28.7 Å². The molecule has 0 spiro atoms. The standard InChI is InChI=1S/C19H13NO6/c1-9(2)20-16(21)12-5-3-10(7-14(12)17(20)22)25-11-4-6-13-15(8-11)19(24)26-18(13)23/h3-9H,1-2H3. The van der Waals surface area contributed by atoms with Gasteiger partial charge in [0.25, 0.3) is 11.8 Å². The summed E-state index contributed by atoms with van der Waals surface area (Å²) in [5.41, 5.74) is 0.923. The van der Waals surface area contributed by atoms with Gasteiger partial charge in [-0.25, -0.2) is 9.59 Å². The SMILES string of the molecule is CC(C)N1C(=O)c2ccc(Oc3ccc4c(c3)C(=O)OC4=O)cc2C1=O. The molecule has 0 saturated heterocycles. The van der Waals surface area contributed by atoms with Crippen molar-refractivity contribution in [3.63, 3.8) is 0 Å². The van der Waals surface area contributed by atoms with Crippen molar-refractivity contribution in [1.29, 1.82) is 0 Å². The second kappa shape index (κ2) is 5.52. The van der Waals surface area contributed by atoms with E-state index in [1.165, 1.54) is 29.2 Å². The Balaban J connectivity index is 1.65. The molecule has 2 aromatic carbocycles. The van der Waals surface area contributed by atoms with Crippen LogP contribution in [0.2, 0.25) is 0 Å². The van der Waals surface area contributed by atoms with E-state index in [4.69, 9.17) is 4.74 Å². The molecule has 4 rings (SSSR count). The van der Waals surface area contributed by atoms with Crippen molar-refractivity contribution in [2.24, 2.45) is 0 Å². The number of carbonyl (C=O) groups is 4. The molecule has 2 amide bonds. The maximum atomic E-state index is 12.4. The van der Waals surface area contributed by atoms with Crippen LogP contribution in [-0.4, -0.2) is 34.7 Å². The van der Waals surface area contributed by atoms with Crippen LogP contribution in [0.3, 0.4) is 0 Å². The molecule has 0 aromatic heterocycles. The van der Waals surface area contributed by atoms with Gasteiger partial charge < -0.3 is 9.47 Å². The highest BCUT2D eigenvalue weighted by Gasteiger charge is 2.37. The van der Waals surface area contributed by atoms with Gasteiger partial charge in [0.15, 0.2) is 0 Å². The van der Waals surface area contributed by atoms with E-state index in [0.29, 0.717) is 17.1 Å². The lowest BCUT2D eigenvalue weighted by molar-refractivity contribution is 0.0442. The van der Waals surface area contributed by atoms with E-state index in [9.17, 15) is 19.2 Å². The van der Waals surface area contributed by atoms with E-state index in [2.05, 4.69) is 4.74 Å². The number of hydrogen-bond acceptors (Lipinski definition) is 6. The Morgan fingerprint density at radius 3 is 1.96 bits per heavy atom. The first-order valence-electron chi connectivity index (χ1n) is 7.97. The van der Waals surface area contributed by atoms with E-state index >= 15 is 0 Å². The fraction of sp³-hybridized carbons (Fsp3) is 0.158. The lowest BCUT2D eigenvalue weighted by Gasteiger charge is -2.17. The van der Waals surface area contributed by atoms with Gasteiger partial charge in [0.2, 0.25) is 0 Å². The number of hydrogen-bond donors (Lipinski definition) is 0. The largest absolute Gasteiger partial charge is 0.457 e. The fourth-order valence-corrected chi connectivity index (χ4v) is 3.04. The average molecular weight is 351 g/mol. The molecule has 0 atom stereocenters. The van der Waals surface area contributed by atoms with Crippen LogP contribution in [-0.2, 0) is 4.74 Å². The molecule has 2 aliphatic rings. The van der Waals surface area contributed by atoms with Crippen molar-refractivity contribution >= 4 is 23.8 Å². The molecule has 0 bridgehead atoms. The highest BCUT2D eigenvalue weighted by Crippen LogP contribution is 2.32. The lowest BCUT2D eigenvalue weighted by Crippen LogP contribution is -2.35. The van der Waals surface area contributed by atoms with Gasteiger partial charge >= 0.3 is 11.9 Å². The van der Waals surface area contributed by atoms with Crippen molar-refractivity contribution in [2.75, 3.05) is 0 Å². The number of esters is 2. The molecule has 7 nitrogen and oxygen atoms in total. The van der Waals surface area contributed by atoms with Crippen molar-refractivity contribution in [3.05, 3.63) is 58.7 Å². The molecule has 0 unspecified atom stereocenters. The van der Waals surface area contributed by atoms with Crippen LogP contribution in [0.4, 0.5) is 0 Å². The summed E-state index contributed by atoms with van der Waals surface area (Å²) in [5, 5.41) is 0. The smallest absolute Gasteiger partial charge is 0.347 e. The quantitative estimate of drug-likeness (QED) is 0.480. The average Bonchev–Trinajstić information content (AvgIpc) is 3.01. The Hall–Kier alpha value is -3.48. The summed E-state index contributed by atoms with van der Waals surface area (Å²) >= 11 is 0. The molecule has 0 N–H and O–H groups in total. The van der Waals surface area contributed by atoms with Crippen LogP contribution in [0.15, 0.2) is 36.4 Å². The number of ether oxygens (including phenoxy) is 2. The summed E-state index contributed by atoms with van der Waals surface area (Å²) in [6.07, 6.45) is 0. The van der Waals surface area contributed by atoms with E-state index in [-0.39, 0.29) is 34.5 Å². The van der Waals surface area contributed by atoms with Crippen molar-refractivity contribution in [3.8, 4) is 11.5 Å². The maximum absolute atomic E-state index is 12.4. The predicted octanol–water partition coefficient (Wildman–Crippen LogP) is 2.79. The summed E-state index contributed by atoms with van der Waals surface area (Å²) in [6.45, 7) is 3.54. The molecule has 0 saturated carbocycles. The van der Waals surface area contributed by atoms with Gasteiger partial charge in [-0.3, -0.25) is 14.5 Å². The number of benzene rings is 2. The zero-order valence-electron chi connectivity index (χ0n) is 13.9. The topological polar surface area (TPSA) is 90.0 Å². The number of amides is 2. The van der Waals surface area contributed by atoms with E-state index < -0.39 is 11.9 Å². The number of carbonyl (C=O) groups excluding carboxylic acids is 4. The summed E-state index contributed by atoms with van der Waals surface area (Å²) in [4.78, 5) is 49.0. The Morgan fingerprint density at radius 2 is 1.31 bits per heavy atom. The van der Waals surface area contributed by atoms with E-state index in [1.807, 2.05) is 0 Å². The van der Waals surface area contributed by atoms with Crippen LogP contribution < -0.4 is 4.74 Å². The Kier molecular flexibility index (Phi) is 3.40. The molecular weight excluding hydrogens is 338 g/mol. The maximum Gasteiger partial charge on any atom is 0.347 e. The van der Waals surface area contributed by atoms with Crippen LogP contribution in [0, 0.1) is 0 Å². The van der Waals surface area contributed by atoms with Crippen molar-refractivity contribution in [2.45, 2.75) is 19.9 Å². The second-order valence-electron chi connectivity index (χ2n) is 6.27. The Morgan fingerprint density at radius 1 is 0.769 bits per heavy atom. The van der Waals surface area contributed by atoms with Crippen LogP contribution in [0.5, 0.6) is 11.5 Å². The zero-order valence-corrected chi connectivity index (χ0v) is 13.9. The van der Waals surface area contributed by atoms with E-state index in [0.717, 1.165) is 0 Å². The van der Waals surface area contributed by atoms with Gasteiger partial charge in [-0.05, 0) is 50.2 Å². The normalized spacial score (nSPS) is 15.4. The highest BCUT2D eigenvalue weighted by molar-refractivity contribution is 6.21. The van der Waals surface area contributed by atoms with E-state index in [1.54, 1.807) is 26.0 Å². The van der Waals surface area contributed by atoms with Gasteiger partial charge in [-0.2, -0.15) is 0 Å². The molecule has 0 fully saturated rings. The summed E-state index contributed by atoms with van der Waals surface area (Å²) < 4.78 is 10.2. The molecule has 26 heavy (non-hydrogen) atoms. The zero-order chi connectivity index (χ0) is 18.6. The second-order valence-corrected chi connectivity index (χ2v) is 6.27. The summed E-state index contributed by atoms with van der Waals surface area (Å²) in [6, 6.07) is 8.74. The lowest BCUT2D eigenvalue weighted by atomic mass is 10.1. The van der Waals surface area contributed by atoms with Gasteiger partial charge in [0.1, 0.15) is 11.5 Å². The summed E-state index contributed by atoms with van der Waals surface area (Å²) in [7, 11) is 0. The fourth-order valence-electron chi connectivity index (χ4n) is 3.04. The minimum atomic E-state index is -0.724. The first-order valence-corrected chi connectivity index (χ1v) is 7.97. The Bertz CT molecular complexity index is 1010. The first-order chi connectivity index (χ1) is 12.4. The third-order valence-corrected chi connectivity index (χ3v) is 4.26.